The molecule has 1 fully saturated rings. The van der Waals surface area contributed by atoms with Gasteiger partial charge < -0.3 is 11.1 Å². The van der Waals surface area contributed by atoms with Crippen LogP contribution in [0.2, 0.25) is 0 Å². The Balaban J connectivity index is 2.16. The van der Waals surface area contributed by atoms with Crippen LogP contribution >= 0.6 is 0 Å². The average molecular weight is 262 g/mol. The van der Waals surface area contributed by atoms with Crippen molar-refractivity contribution in [3.63, 3.8) is 0 Å². The van der Waals surface area contributed by atoms with E-state index in [9.17, 15) is 4.79 Å². The Hall–Kier alpha value is -1.65. The number of carbonyl (C=O) groups excluding carboxylic acids is 1. The summed E-state index contributed by atoms with van der Waals surface area (Å²) in [5.74, 6) is 1.17. The van der Waals surface area contributed by atoms with E-state index in [4.69, 9.17) is 5.73 Å². The molecule has 5 nitrogen and oxygen atoms in total. The minimum Gasteiger partial charge on any atom is -0.396 e. The molecule has 1 heterocycles. The lowest BCUT2D eigenvalue weighted by Gasteiger charge is -2.17. The van der Waals surface area contributed by atoms with Gasteiger partial charge in [0.25, 0.3) is 5.91 Å². The second kappa shape index (κ2) is 5.55. The van der Waals surface area contributed by atoms with Crippen molar-refractivity contribution >= 4 is 11.6 Å². The molecule has 1 aromatic heterocycles. The highest BCUT2D eigenvalue weighted by Gasteiger charge is 2.26. The van der Waals surface area contributed by atoms with Gasteiger partial charge in [-0.25, -0.2) is 9.97 Å². The second-order valence-corrected chi connectivity index (χ2v) is 5.67. The molecule has 1 aliphatic rings. The van der Waals surface area contributed by atoms with Gasteiger partial charge in [-0.15, -0.1) is 0 Å². The molecule has 0 aliphatic heterocycles. The zero-order valence-corrected chi connectivity index (χ0v) is 11.8. The summed E-state index contributed by atoms with van der Waals surface area (Å²) in [4.78, 5) is 20.7. The van der Waals surface area contributed by atoms with E-state index in [0.29, 0.717) is 23.1 Å². The molecule has 0 aromatic carbocycles. The zero-order valence-electron chi connectivity index (χ0n) is 11.8. The Labute approximate surface area is 114 Å². The summed E-state index contributed by atoms with van der Waals surface area (Å²) in [5, 5.41) is 3.04. The molecule has 2 rings (SSSR count). The van der Waals surface area contributed by atoms with Crippen LogP contribution in [0.1, 0.15) is 62.3 Å². The maximum absolute atomic E-state index is 12.3. The predicted octanol–water partition coefficient (Wildman–Crippen LogP) is 2.10. The molecule has 0 saturated heterocycles. The molecule has 2 unspecified atom stereocenters. The standard InChI is InChI=1S/C14H22N4O/c1-8(2)13-16-7-10(15)12(18-13)14(19)17-11-6-4-5-9(11)3/h7-9,11H,4-6,15H2,1-3H3,(H,17,19). The first kappa shape index (κ1) is 13.8. The number of carbonyl (C=O) groups is 1. The fourth-order valence-corrected chi connectivity index (χ4v) is 2.46. The molecule has 1 amide bonds. The van der Waals surface area contributed by atoms with Gasteiger partial charge >= 0.3 is 0 Å². The first-order chi connectivity index (χ1) is 8.99. The van der Waals surface area contributed by atoms with Crippen LogP contribution in [0.15, 0.2) is 6.20 Å². The molecule has 104 valence electrons. The smallest absolute Gasteiger partial charge is 0.272 e. The minimum absolute atomic E-state index is 0.178. The number of anilines is 1. The van der Waals surface area contributed by atoms with Crippen molar-refractivity contribution in [3.8, 4) is 0 Å². The third-order valence-corrected chi connectivity index (χ3v) is 3.75. The lowest BCUT2D eigenvalue weighted by atomic mass is 10.1. The van der Waals surface area contributed by atoms with Gasteiger partial charge in [0.2, 0.25) is 0 Å². The summed E-state index contributed by atoms with van der Waals surface area (Å²) < 4.78 is 0. The number of nitrogens with two attached hydrogens (primary N) is 1. The number of hydrogen-bond acceptors (Lipinski definition) is 4. The van der Waals surface area contributed by atoms with Gasteiger partial charge in [-0.3, -0.25) is 4.79 Å². The number of nitrogens with one attached hydrogen (secondary N) is 1. The van der Waals surface area contributed by atoms with Crippen molar-refractivity contribution in [3.05, 3.63) is 17.7 Å². The topological polar surface area (TPSA) is 80.9 Å². The summed E-state index contributed by atoms with van der Waals surface area (Å²) in [6, 6.07) is 0.240. The van der Waals surface area contributed by atoms with Crippen LogP contribution < -0.4 is 11.1 Å². The minimum atomic E-state index is -0.180. The summed E-state index contributed by atoms with van der Waals surface area (Å²) >= 11 is 0. The van der Waals surface area contributed by atoms with Gasteiger partial charge in [0.1, 0.15) is 5.82 Å². The van der Waals surface area contributed by atoms with Gasteiger partial charge in [0.15, 0.2) is 5.69 Å². The fraction of sp³-hybridized carbons (Fsp3) is 0.643. The van der Waals surface area contributed by atoms with Gasteiger partial charge in [0, 0.05) is 12.0 Å². The van der Waals surface area contributed by atoms with E-state index in [-0.39, 0.29) is 17.9 Å². The van der Waals surface area contributed by atoms with E-state index >= 15 is 0 Å². The van der Waals surface area contributed by atoms with Crippen molar-refractivity contribution in [2.75, 3.05) is 5.73 Å². The molecule has 1 saturated carbocycles. The summed E-state index contributed by atoms with van der Waals surface area (Å²) in [6.07, 6.45) is 4.90. The number of nitrogens with zero attached hydrogens (tertiary/aromatic N) is 2. The molecule has 2 atom stereocenters. The van der Waals surface area contributed by atoms with Crippen molar-refractivity contribution in [1.82, 2.24) is 15.3 Å². The SMILES string of the molecule is CC(C)c1ncc(N)c(C(=O)NC2CCCC2C)n1. The number of aromatic nitrogens is 2. The number of nitrogen functional groups attached to an aromatic ring is 1. The summed E-state index contributed by atoms with van der Waals surface area (Å²) in [5.41, 5.74) is 6.46. The summed E-state index contributed by atoms with van der Waals surface area (Å²) in [7, 11) is 0. The van der Waals surface area contributed by atoms with Crippen LogP contribution in [0.5, 0.6) is 0 Å². The molecule has 5 heteroatoms. The van der Waals surface area contributed by atoms with E-state index in [2.05, 4.69) is 22.2 Å². The van der Waals surface area contributed by atoms with Crippen LogP contribution in [0, 0.1) is 5.92 Å². The molecular weight excluding hydrogens is 240 g/mol. The van der Waals surface area contributed by atoms with Crippen LogP contribution in [0.4, 0.5) is 5.69 Å². The molecule has 3 N–H and O–H groups in total. The quantitative estimate of drug-likeness (QED) is 0.874. The van der Waals surface area contributed by atoms with E-state index < -0.39 is 0 Å². The van der Waals surface area contributed by atoms with Gasteiger partial charge in [0.05, 0.1) is 11.9 Å². The summed E-state index contributed by atoms with van der Waals surface area (Å²) in [6.45, 7) is 6.15. The Morgan fingerprint density at radius 3 is 2.79 bits per heavy atom. The van der Waals surface area contributed by atoms with E-state index in [0.717, 1.165) is 6.42 Å². The Morgan fingerprint density at radius 2 is 2.21 bits per heavy atom. The van der Waals surface area contributed by atoms with E-state index in [1.807, 2.05) is 13.8 Å². The van der Waals surface area contributed by atoms with Crippen molar-refractivity contribution in [2.24, 2.45) is 5.92 Å². The first-order valence-electron chi connectivity index (χ1n) is 6.92. The average Bonchev–Trinajstić information content (AvgIpc) is 2.75. The van der Waals surface area contributed by atoms with E-state index in [1.165, 1.54) is 19.0 Å². The normalized spacial score (nSPS) is 22.7. The van der Waals surface area contributed by atoms with Crippen molar-refractivity contribution < 1.29 is 4.79 Å². The molecule has 1 aliphatic carbocycles. The Morgan fingerprint density at radius 1 is 1.47 bits per heavy atom. The largest absolute Gasteiger partial charge is 0.396 e. The van der Waals surface area contributed by atoms with Crippen LogP contribution in [0.3, 0.4) is 0 Å². The van der Waals surface area contributed by atoms with Crippen LogP contribution in [-0.2, 0) is 0 Å². The third-order valence-electron chi connectivity index (χ3n) is 3.75. The maximum atomic E-state index is 12.3. The monoisotopic (exact) mass is 262 g/mol. The number of hydrogen-bond donors (Lipinski definition) is 2. The zero-order chi connectivity index (χ0) is 14.0. The first-order valence-corrected chi connectivity index (χ1v) is 6.92. The molecular formula is C14H22N4O. The van der Waals surface area contributed by atoms with Crippen molar-refractivity contribution in [2.45, 2.75) is 52.0 Å². The molecule has 0 bridgehead atoms. The third kappa shape index (κ3) is 3.03. The second-order valence-electron chi connectivity index (χ2n) is 5.67. The van der Waals surface area contributed by atoms with Gasteiger partial charge in [-0.2, -0.15) is 0 Å². The van der Waals surface area contributed by atoms with Gasteiger partial charge in [-0.05, 0) is 18.8 Å². The molecule has 19 heavy (non-hydrogen) atoms. The Bertz CT molecular complexity index is 473. The van der Waals surface area contributed by atoms with Gasteiger partial charge in [-0.1, -0.05) is 27.2 Å². The highest BCUT2D eigenvalue weighted by Crippen LogP contribution is 2.25. The number of amides is 1. The van der Waals surface area contributed by atoms with E-state index in [1.54, 1.807) is 0 Å². The lowest BCUT2D eigenvalue weighted by molar-refractivity contribution is 0.0925. The Kier molecular flexibility index (Phi) is 4.02. The maximum Gasteiger partial charge on any atom is 0.272 e. The van der Waals surface area contributed by atoms with Crippen LogP contribution in [0.25, 0.3) is 0 Å². The molecule has 0 radical (unpaired) electrons. The lowest BCUT2D eigenvalue weighted by Crippen LogP contribution is -2.37. The van der Waals surface area contributed by atoms with Crippen molar-refractivity contribution in [1.29, 1.82) is 0 Å². The molecule has 0 spiro atoms. The number of rotatable bonds is 3. The van der Waals surface area contributed by atoms with Crippen LogP contribution in [-0.4, -0.2) is 21.9 Å². The molecule has 1 aromatic rings. The highest BCUT2D eigenvalue weighted by molar-refractivity contribution is 5.97. The predicted molar refractivity (Wildman–Crippen MR) is 74.8 cm³/mol. The highest BCUT2D eigenvalue weighted by atomic mass is 16.2. The fourth-order valence-electron chi connectivity index (χ4n) is 2.46.